The fraction of sp³-hybridized carbons (Fsp3) is 0.0462. The maximum absolute atomic E-state index is 7.29. The standard InChI is InChI=1S/C62H33N3OS2.C50H26ClN3OS.C18H19BO2S.H3P4/c1-2-12-40-34(11-1)25-28-49-59(40)64-62(58(63-49)38-24-27-44-42-14-7-10-20-53(42)68-55(44)33-38)65-50-18-8-5-17-47(50)56-45-15-3-4-16-46(45)57-48-30-39-29-35(21-22-36(39)31-51(48)66-61(57)60(56)65)37-23-26-43-41-13-6-9-19-52(41)67-54(43)32-37;51-49-50(53-46-32-10-2-1-9-27(32)20-22-39(46)52-49)54-40-15-7-5-14-37(40)44-35-12-3-4-13-36(35)45-38-24-31-23-28(17-18-29(31)25-41(38)55-48(45)47(44)54)30-19-21-34-33-11-6-8-16-42(33)56-43(34)26-30;1-17(2)18(3,4)21-19(20-17)12-9-10-14-13-7-5-6-8-15(13)22-16(14)11-12;1-4(2)3/h1-33H;1-26H;5-11H,1-4H3;1-3H/q;;;-3. The molecule has 0 bridgehead atoms. The van der Waals surface area contributed by atoms with E-state index >= 15 is 0 Å². The second-order valence-electron chi connectivity index (χ2n) is 39.9. The highest BCUT2D eigenvalue weighted by atomic mass is 35.5. The van der Waals surface area contributed by atoms with E-state index in [4.69, 9.17) is 49.7 Å². The zero-order chi connectivity index (χ0) is 100.0. The molecule has 150 heavy (non-hydrogen) atoms. The monoisotopic (exact) mass is 2090 g/mol. The molecule has 0 aliphatic carbocycles. The van der Waals surface area contributed by atoms with Gasteiger partial charge in [0.2, 0.25) is 0 Å². The van der Waals surface area contributed by atoms with Gasteiger partial charge in [-0.1, -0.05) is 303 Å². The predicted molar refractivity (Wildman–Crippen MR) is 654 cm³/mol. The Labute approximate surface area is 887 Å². The Balaban J connectivity index is 0.000000113. The number of fused-ring (bicyclic) bond motifs is 40. The molecule has 0 radical (unpaired) electrons. The van der Waals surface area contributed by atoms with Crippen LogP contribution in [0.15, 0.2) is 409 Å². The van der Waals surface area contributed by atoms with Crippen molar-refractivity contribution < 1.29 is 18.1 Å². The van der Waals surface area contributed by atoms with E-state index in [1.54, 1.807) is 0 Å². The van der Waals surface area contributed by atoms with E-state index in [1.807, 2.05) is 63.5 Å². The number of halogens is 1. The third kappa shape index (κ3) is 14.4. The highest BCUT2D eigenvalue weighted by molar-refractivity contribution is 8.65. The molecule has 10 nitrogen and oxygen atoms in total. The Hall–Kier alpha value is -14.8. The Morgan fingerprint density at radius 3 is 1.05 bits per heavy atom. The van der Waals surface area contributed by atoms with E-state index in [9.17, 15) is 0 Å². The van der Waals surface area contributed by atoms with Crippen molar-refractivity contribution in [1.82, 2.24) is 29.1 Å². The maximum atomic E-state index is 7.29. The maximum Gasteiger partial charge on any atom is 0.494 e. The molecule has 22 aromatic carbocycles. The summed E-state index contributed by atoms with van der Waals surface area (Å²) in [5.74, 6) is 1.34. The van der Waals surface area contributed by atoms with E-state index < -0.39 is 0 Å². The van der Waals surface area contributed by atoms with Gasteiger partial charge in [0.25, 0.3) is 0 Å². The van der Waals surface area contributed by atoms with Crippen LogP contribution in [-0.2, 0) is 9.31 Å². The molecule has 0 N–H and O–H groups in total. The first-order valence-corrected chi connectivity index (χ1v) is 59.0. The number of nitrogens with zero attached hydrogens (tertiary/aromatic N) is 6. The fourth-order valence-corrected chi connectivity index (χ4v) is 28.0. The van der Waals surface area contributed by atoms with Crippen LogP contribution in [0.4, 0.5) is 0 Å². The quantitative estimate of drug-likeness (QED) is 0.0921. The number of furan rings is 2. The molecule has 32 aromatic rings. The van der Waals surface area contributed by atoms with Crippen LogP contribution in [0.5, 0.6) is 0 Å². The normalized spacial score (nSPS) is 13.4. The van der Waals surface area contributed by atoms with Crippen LogP contribution >= 0.6 is 90.7 Å². The Morgan fingerprint density at radius 1 is 0.273 bits per heavy atom. The largest absolute Gasteiger partial charge is 0.612 e. The minimum absolute atomic E-state index is 0.204. The summed E-state index contributed by atoms with van der Waals surface area (Å²) < 4.78 is 41.5. The van der Waals surface area contributed by atoms with Gasteiger partial charge in [-0.05, 0) is 218 Å². The van der Waals surface area contributed by atoms with Crippen molar-refractivity contribution in [1.29, 1.82) is 0 Å². The van der Waals surface area contributed by atoms with Crippen molar-refractivity contribution in [2.75, 3.05) is 0 Å². The van der Waals surface area contributed by atoms with Crippen LogP contribution in [0.1, 0.15) is 27.7 Å². The van der Waals surface area contributed by atoms with Crippen molar-refractivity contribution in [2.45, 2.75) is 38.9 Å². The van der Waals surface area contributed by atoms with E-state index in [2.05, 4.69) is 446 Å². The zero-order valence-corrected chi connectivity index (χ0v) is 88.9. The van der Waals surface area contributed by atoms with Gasteiger partial charge in [-0.3, -0.25) is 9.13 Å². The fourth-order valence-electron chi connectivity index (χ4n) is 23.2. The highest BCUT2D eigenvalue weighted by Gasteiger charge is 2.52. The van der Waals surface area contributed by atoms with Crippen LogP contribution in [0.3, 0.4) is 0 Å². The minimum atomic E-state index is -0.299. The minimum Gasteiger partial charge on any atom is -0.612 e. The van der Waals surface area contributed by atoms with E-state index in [0.29, 0.717) is 11.0 Å². The number of rotatable bonds is 6. The third-order valence-corrected chi connectivity index (χ3v) is 35.7. The molecule has 0 atom stereocenters. The van der Waals surface area contributed by atoms with Crippen molar-refractivity contribution >= 4 is 358 Å². The molecule has 712 valence electrons. The smallest absolute Gasteiger partial charge is 0.494 e. The summed E-state index contributed by atoms with van der Waals surface area (Å²) in [6, 6.07) is 144. The average Bonchev–Trinajstić information content (AvgIpc) is 1.53. The lowest BCUT2D eigenvalue weighted by atomic mass is 9.79. The second kappa shape index (κ2) is 34.9. The Kier molecular flexibility index (Phi) is 21.0. The lowest BCUT2D eigenvalue weighted by Gasteiger charge is -2.33. The van der Waals surface area contributed by atoms with Crippen LogP contribution in [0.25, 0.3) is 300 Å². The van der Waals surface area contributed by atoms with Crippen molar-refractivity contribution in [3.05, 3.63) is 406 Å². The molecule has 1 fully saturated rings. The van der Waals surface area contributed by atoms with Gasteiger partial charge < -0.3 is 51.9 Å². The highest BCUT2D eigenvalue weighted by Crippen LogP contribution is 2.60. The van der Waals surface area contributed by atoms with Gasteiger partial charge in [0.1, 0.15) is 16.9 Å². The van der Waals surface area contributed by atoms with E-state index in [0.717, 1.165) is 186 Å². The molecule has 0 amide bonds. The molecule has 1 saturated heterocycles. The number of benzene rings is 22. The van der Waals surface area contributed by atoms with Gasteiger partial charge in [-0.2, -0.15) is 0 Å². The lowest BCUT2D eigenvalue weighted by Crippen LogP contribution is -2.41. The molecule has 20 heteroatoms. The average molecular weight is 2090 g/mol. The number of hydrogen-bond acceptors (Lipinski definition) is 12. The summed E-state index contributed by atoms with van der Waals surface area (Å²) in [5.41, 5.74) is 17.7. The van der Waals surface area contributed by atoms with Gasteiger partial charge in [0.05, 0.1) is 55.3 Å². The molecule has 0 unspecified atom stereocenters. The topological polar surface area (TPSA) is 106 Å². The molecule has 1 aliphatic rings. The molecule has 0 spiro atoms. The molecule has 1 aliphatic heterocycles. The SMILES string of the molecule is CC1(C)OB(c2ccc3c(c2)sc2ccccc23)OC1(C)C.Clc1nc2ccc3ccccc3c2nc1-n1c2ccccc2c2c3ccccc3c3c4cc5cc(-c6ccc7c(c6)sc6ccccc67)ccc5cc4oc3c21.[PH-]P([PH-])[PH-].c1ccc2c(c1)ccc1nc(-c3ccc4c(c3)sc3ccccc34)c(-n3c4ccccc4c4c5ccccc5c5c6cc7cc(-c8ccc9c(c8)sc8ccccc89)ccc7cc6oc5c43)nc12. The van der Waals surface area contributed by atoms with Gasteiger partial charge in [-0.15, -0.1) is 45.3 Å². The van der Waals surface area contributed by atoms with Crippen LogP contribution < -0.4 is 5.46 Å². The van der Waals surface area contributed by atoms with Crippen molar-refractivity contribution in [2.24, 2.45) is 0 Å². The van der Waals surface area contributed by atoms with Gasteiger partial charge in [0.15, 0.2) is 28.0 Å². The summed E-state index contributed by atoms with van der Waals surface area (Å²) in [4.78, 5) is 21.6. The number of para-hydroxylation sites is 2. The molecule has 11 heterocycles. The second-order valence-corrected chi connectivity index (χ2v) is 53.3. The molecule has 33 rings (SSSR count). The number of hydrogen-bond donors (Lipinski definition) is 0. The lowest BCUT2D eigenvalue weighted by molar-refractivity contribution is 0.00578. The van der Waals surface area contributed by atoms with Gasteiger partial charge in [0, 0.05) is 140 Å². The summed E-state index contributed by atoms with van der Waals surface area (Å²) >= 11 is 14.5. The summed E-state index contributed by atoms with van der Waals surface area (Å²) in [7, 11) is 9.32. The molecular formula is C130H81BClN6O4P4S4-3. The van der Waals surface area contributed by atoms with Crippen molar-refractivity contribution in [3.8, 4) is 45.1 Å². The molecule has 10 aromatic heterocycles. The van der Waals surface area contributed by atoms with Crippen LogP contribution in [-0.4, -0.2) is 47.4 Å². The predicted octanol–water partition coefficient (Wildman–Crippen LogP) is 39.9. The molecule has 0 saturated carbocycles. The first kappa shape index (κ1) is 90.3. The summed E-state index contributed by atoms with van der Waals surface area (Å²) in [5, 5.41) is 33.1. The van der Waals surface area contributed by atoms with Gasteiger partial charge in [-0.25, -0.2) is 19.9 Å². The van der Waals surface area contributed by atoms with Crippen molar-refractivity contribution in [3.63, 3.8) is 0 Å². The first-order valence-electron chi connectivity index (χ1n) is 49.9. The van der Waals surface area contributed by atoms with Crippen LogP contribution in [0, 0.1) is 0 Å². The molecular weight excluding hydrogens is 2010 g/mol. The zero-order valence-electron chi connectivity index (χ0n) is 81.0. The summed E-state index contributed by atoms with van der Waals surface area (Å²) in [6.07, 6.45) is 0. The van der Waals surface area contributed by atoms with Crippen LogP contribution in [0.2, 0.25) is 5.15 Å². The third-order valence-electron chi connectivity index (χ3n) is 30.9. The Morgan fingerprint density at radius 2 is 0.600 bits per heavy atom. The Bertz CT molecular complexity index is 11400. The first-order chi connectivity index (χ1) is 73.4. The number of thiophene rings is 4. The number of aromatic nitrogens is 6. The summed E-state index contributed by atoms with van der Waals surface area (Å²) in [6.45, 7) is 8.15. The van der Waals surface area contributed by atoms with E-state index in [-0.39, 0.29) is 25.3 Å². The van der Waals surface area contributed by atoms with Gasteiger partial charge >= 0.3 is 7.12 Å². The van der Waals surface area contributed by atoms with E-state index in [1.165, 1.54) is 114 Å².